The van der Waals surface area contributed by atoms with Crippen LogP contribution >= 0.6 is 11.3 Å². The number of rotatable bonds is 7. The Hall–Kier alpha value is -3.12. The molecule has 0 saturated heterocycles. The van der Waals surface area contributed by atoms with Crippen LogP contribution in [-0.2, 0) is 16.1 Å². The minimum absolute atomic E-state index is 0.322. The molecule has 1 N–H and O–H groups in total. The van der Waals surface area contributed by atoms with E-state index in [2.05, 4.69) is 5.32 Å². The Bertz CT molecular complexity index is 876. The zero-order valence-electron chi connectivity index (χ0n) is 14.8. The van der Waals surface area contributed by atoms with Gasteiger partial charge in [0.25, 0.3) is 5.91 Å². The number of carbonyl (C=O) groups is 2. The SMILES string of the molecule is COc1ccc(CNC(=O)[C@@H](OC(=O)c2cccs2)c2ccccc2)cc1. The predicted molar refractivity (Wildman–Crippen MR) is 104 cm³/mol. The van der Waals surface area contributed by atoms with Gasteiger partial charge in [-0.05, 0) is 29.1 Å². The van der Waals surface area contributed by atoms with E-state index in [-0.39, 0.29) is 5.91 Å². The largest absolute Gasteiger partial charge is 0.497 e. The van der Waals surface area contributed by atoms with Gasteiger partial charge in [-0.1, -0.05) is 48.5 Å². The Morgan fingerprint density at radius 2 is 1.74 bits per heavy atom. The van der Waals surface area contributed by atoms with E-state index in [1.165, 1.54) is 11.3 Å². The molecule has 0 spiro atoms. The summed E-state index contributed by atoms with van der Waals surface area (Å²) >= 11 is 1.28. The second-order valence-electron chi connectivity index (χ2n) is 5.74. The highest BCUT2D eigenvalue weighted by Gasteiger charge is 2.25. The van der Waals surface area contributed by atoms with Gasteiger partial charge < -0.3 is 14.8 Å². The van der Waals surface area contributed by atoms with Crippen molar-refractivity contribution in [1.82, 2.24) is 5.32 Å². The van der Waals surface area contributed by atoms with Gasteiger partial charge in [-0.2, -0.15) is 0 Å². The monoisotopic (exact) mass is 381 g/mol. The maximum Gasteiger partial charge on any atom is 0.349 e. The highest BCUT2D eigenvalue weighted by atomic mass is 32.1. The van der Waals surface area contributed by atoms with E-state index in [0.29, 0.717) is 17.0 Å². The molecule has 1 atom stereocenters. The minimum atomic E-state index is -1.01. The number of carbonyl (C=O) groups excluding carboxylic acids is 2. The Labute approximate surface area is 161 Å². The standard InChI is InChI=1S/C21H19NO4S/c1-25-17-11-9-15(10-12-17)14-22-20(23)19(16-6-3-2-4-7-16)26-21(24)18-8-5-13-27-18/h2-13,19H,14H2,1H3,(H,22,23)/t19-/m0/s1. The Morgan fingerprint density at radius 1 is 1.00 bits per heavy atom. The fourth-order valence-corrected chi connectivity index (χ4v) is 3.09. The summed E-state index contributed by atoms with van der Waals surface area (Å²) in [7, 11) is 1.60. The van der Waals surface area contributed by atoms with E-state index >= 15 is 0 Å². The van der Waals surface area contributed by atoms with Crippen molar-refractivity contribution in [2.45, 2.75) is 12.6 Å². The number of methoxy groups -OCH3 is 1. The average molecular weight is 381 g/mol. The number of nitrogens with one attached hydrogen (secondary N) is 1. The lowest BCUT2D eigenvalue weighted by Crippen LogP contribution is -2.31. The van der Waals surface area contributed by atoms with E-state index in [9.17, 15) is 9.59 Å². The van der Waals surface area contributed by atoms with E-state index in [4.69, 9.17) is 9.47 Å². The van der Waals surface area contributed by atoms with Gasteiger partial charge in [0.15, 0.2) is 0 Å². The maximum absolute atomic E-state index is 12.7. The molecule has 2 aromatic carbocycles. The third kappa shape index (κ3) is 4.95. The molecule has 0 aliphatic heterocycles. The number of hydrogen-bond acceptors (Lipinski definition) is 5. The smallest absolute Gasteiger partial charge is 0.349 e. The van der Waals surface area contributed by atoms with Crippen molar-refractivity contribution in [1.29, 1.82) is 0 Å². The summed E-state index contributed by atoms with van der Waals surface area (Å²) in [6.07, 6.45) is -1.01. The van der Waals surface area contributed by atoms with Crippen LogP contribution in [0, 0.1) is 0 Å². The second-order valence-corrected chi connectivity index (χ2v) is 6.69. The molecule has 3 aromatic rings. The first-order valence-electron chi connectivity index (χ1n) is 8.37. The maximum atomic E-state index is 12.7. The van der Waals surface area contributed by atoms with E-state index in [1.54, 1.807) is 48.9 Å². The van der Waals surface area contributed by atoms with Crippen molar-refractivity contribution in [3.05, 3.63) is 88.1 Å². The number of benzene rings is 2. The van der Waals surface area contributed by atoms with Crippen molar-refractivity contribution in [3.63, 3.8) is 0 Å². The molecule has 1 heterocycles. The van der Waals surface area contributed by atoms with Gasteiger partial charge in [0.05, 0.1) is 7.11 Å². The topological polar surface area (TPSA) is 64.6 Å². The zero-order valence-corrected chi connectivity index (χ0v) is 15.6. The van der Waals surface area contributed by atoms with Gasteiger partial charge in [0.2, 0.25) is 6.10 Å². The van der Waals surface area contributed by atoms with Gasteiger partial charge in [-0.3, -0.25) is 4.79 Å². The highest BCUT2D eigenvalue weighted by Crippen LogP contribution is 2.21. The molecule has 0 aliphatic rings. The zero-order chi connectivity index (χ0) is 19.1. The van der Waals surface area contributed by atoms with Crippen molar-refractivity contribution in [2.75, 3.05) is 7.11 Å². The first kappa shape index (κ1) is 18.7. The molecule has 3 rings (SSSR count). The van der Waals surface area contributed by atoms with Crippen LogP contribution < -0.4 is 10.1 Å². The van der Waals surface area contributed by atoms with Crippen LogP contribution in [0.4, 0.5) is 0 Å². The van der Waals surface area contributed by atoms with Crippen LogP contribution in [-0.4, -0.2) is 19.0 Å². The molecule has 0 aliphatic carbocycles. The van der Waals surface area contributed by atoms with Gasteiger partial charge >= 0.3 is 5.97 Å². The first-order chi connectivity index (χ1) is 13.2. The summed E-state index contributed by atoms with van der Waals surface area (Å²) in [4.78, 5) is 25.5. The molecule has 1 amide bonds. The number of amides is 1. The van der Waals surface area contributed by atoms with E-state index in [0.717, 1.165) is 11.3 Å². The van der Waals surface area contributed by atoms with E-state index in [1.807, 2.05) is 30.3 Å². The van der Waals surface area contributed by atoms with Crippen molar-refractivity contribution in [2.24, 2.45) is 0 Å². The van der Waals surface area contributed by atoms with E-state index < -0.39 is 12.1 Å². The Kier molecular flexibility index (Phi) is 6.22. The van der Waals surface area contributed by atoms with Crippen LogP contribution in [0.1, 0.15) is 26.9 Å². The molecule has 6 heteroatoms. The van der Waals surface area contributed by atoms with Gasteiger partial charge in [0.1, 0.15) is 10.6 Å². The summed E-state index contributed by atoms with van der Waals surface area (Å²) in [5, 5.41) is 4.62. The molecule has 138 valence electrons. The third-order valence-electron chi connectivity index (χ3n) is 3.91. The summed E-state index contributed by atoms with van der Waals surface area (Å²) in [5.41, 5.74) is 1.54. The summed E-state index contributed by atoms with van der Waals surface area (Å²) in [6, 6.07) is 19.8. The lowest BCUT2D eigenvalue weighted by atomic mass is 10.1. The summed E-state index contributed by atoms with van der Waals surface area (Å²) < 4.78 is 10.6. The average Bonchev–Trinajstić information content (AvgIpc) is 3.26. The number of esters is 1. The van der Waals surface area contributed by atoms with Crippen molar-refractivity contribution >= 4 is 23.2 Å². The molecule has 0 radical (unpaired) electrons. The highest BCUT2D eigenvalue weighted by molar-refractivity contribution is 7.11. The quantitative estimate of drug-likeness (QED) is 0.629. The molecular weight excluding hydrogens is 362 g/mol. The molecule has 0 unspecified atom stereocenters. The lowest BCUT2D eigenvalue weighted by Gasteiger charge is -2.18. The Balaban J connectivity index is 1.71. The number of hydrogen-bond donors (Lipinski definition) is 1. The fourth-order valence-electron chi connectivity index (χ4n) is 2.49. The fraction of sp³-hybridized carbons (Fsp3) is 0.143. The molecule has 0 fully saturated rings. The van der Waals surface area contributed by atoms with Crippen LogP contribution in [0.15, 0.2) is 72.1 Å². The minimum Gasteiger partial charge on any atom is -0.497 e. The number of ether oxygens (including phenoxy) is 2. The van der Waals surface area contributed by atoms with Gasteiger partial charge in [-0.25, -0.2) is 4.79 Å². The van der Waals surface area contributed by atoms with Crippen molar-refractivity contribution < 1.29 is 19.1 Å². The second kappa shape index (κ2) is 9.00. The normalized spacial score (nSPS) is 11.4. The molecule has 5 nitrogen and oxygen atoms in total. The van der Waals surface area contributed by atoms with Crippen LogP contribution in [0.2, 0.25) is 0 Å². The first-order valence-corrected chi connectivity index (χ1v) is 9.25. The van der Waals surface area contributed by atoms with Gasteiger partial charge in [0, 0.05) is 12.1 Å². The van der Waals surface area contributed by atoms with Crippen LogP contribution in [0.3, 0.4) is 0 Å². The third-order valence-corrected chi connectivity index (χ3v) is 4.76. The molecular formula is C21H19NO4S. The predicted octanol–water partition coefficient (Wildman–Crippen LogP) is 3.97. The molecule has 0 saturated carbocycles. The number of thiophene rings is 1. The van der Waals surface area contributed by atoms with Crippen molar-refractivity contribution in [3.8, 4) is 5.75 Å². The summed E-state index contributed by atoms with van der Waals surface area (Å²) in [5.74, 6) is -0.141. The lowest BCUT2D eigenvalue weighted by molar-refractivity contribution is -0.130. The van der Waals surface area contributed by atoms with Gasteiger partial charge in [-0.15, -0.1) is 11.3 Å². The molecule has 0 bridgehead atoms. The summed E-state index contributed by atoms with van der Waals surface area (Å²) in [6.45, 7) is 0.322. The van der Waals surface area contributed by atoms with Crippen LogP contribution in [0.5, 0.6) is 5.75 Å². The Morgan fingerprint density at radius 3 is 2.37 bits per heavy atom. The molecule has 1 aromatic heterocycles. The van der Waals surface area contributed by atoms with Crippen LogP contribution in [0.25, 0.3) is 0 Å². The molecule has 27 heavy (non-hydrogen) atoms.